The van der Waals surface area contributed by atoms with Crippen LogP contribution in [0.5, 0.6) is 0 Å². The van der Waals surface area contributed by atoms with Gasteiger partial charge in [0.15, 0.2) is 0 Å². The Morgan fingerprint density at radius 3 is 2.50 bits per heavy atom. The van der Waals surface area contributed by atoms with Crippen molar-refractivity contribution in [3.05, 3.63) is 0 Å². The second-order valence-electron chi connectivity index (χ2n) is 5.39. The van der Waals surface area contributed by atoms with E-state index >= 15 is 0 Å². The van der Waals surface area contributed by atoms with E-state index in [-0.39, 0.29) is 0 Å². The Morgan fingerprint density at radius 2 is 1.94 bits per heavy atom. The van der Waals surface area contributed by atoms with Gasteiger partial charge in [0.05, 0.1) is 0 Å². The molecule has 0 aromatic heterocycles. The molecular weight excluding hydrogens is 198 g/mol. The summed E-state index contributed by atoms with van der Waals surface area (Å²) >= 11 is 0. The molecule has 1 saturated heterocycles. The van der Waals surface area contributed by atoms with Crippen LogP contribution in [0, 0.1) is 11.8 Å². The summed E-state index contributed by atoms with van der Waals surface area (Å²) in [7, 11) is 0. The third-order valence-electron chi connectivity index (χ3n) is 3.74. The van der Waals surface area contributed by atoms with Crippen LogP contribution in [-0.4, -0.2) is 25.8 Å². The molecule has 0 radical (unpaired) electrons. The largest absolute Gasteiger partial charge is 0.381 e. The first kappa shape index (κ1) is 14.0. The maximum atomic E-state index is 5.39. The number of nitrogens with one attached hydrogen (secondary N) is 1. The summed E-state index contributed by atoms with van der Waals surface area (Å²) in [5.74, 6) is 1.69. The van der Waals surface area contributed by atoms with Gasteiger partial charge in [-0.3, -0.25) is 0 Å². The molecule has 1 aliphatic heterocycles. The van der Waals surface area contributed by atoms with Crippen LogP contribution in [-0.2, 0) is 4.74 Å². The van der Waals surface area contributed by atoms with E-state index < -0.39 is 0 Å². The molecule has 1 atom stereocenters. The summed E-state index contributed by atoms with van der Waals surface area (Å²) in [6, 6.07) is 0.713. The van der Waals surface area contributed by atoms with E-state index in [1.807, 2.05) is 0 Å². The summed E-state index contributed by atoms with van der Waals surface area (Å²) in [6.07, 6.45) is 6.68. The average Bonchev–Trinajstić information content (AvgIpc) is 2.29. The molecule has 0 saturated carbocycles. The molecule has 96 valence electrons. The number of hydrogen-bond donors (Lipinski definition) is 1. The van der Waals surface area contributed by atoms with Crippen LogP contribution in [0.4, 0.5) is 0 Å². The molecule has 16 heavy (non-hydrogen) atoms. The minimum Gasteiger partial charge on any atom is -0.381 e. The molecule has 0 spiro atoms. The lowest BCUT2D eigenvalue weighted by Gasteiger charge is -2.25. The monoisotopic (exact) mass is 227 g/mol. The van der Waals surface area contributed by atoms with E-state index in [1.165, 1.54) is 32.1 Å². The van der Waals surface area contributed by atoms with E-state index in [9.17, 15) is 0 Å². The summed E-state index contributed by atoms with van der Waals surface area (Å²) in [6.45, 7) is 9.93. The number of rotatable bonds is 7. The Labute approximate surface area is 101 Å². The van der Waals surface area contributed by atoms with Gasteiger partial charge in [-0.1, -0.05) is 33.6 Å². The quantitative estimate of drug-likeness (QED) is 0.721. The molecule has 1 fully saturated rings. The van der Waals surface area contributed by atoms with Crippen molar-refractivity contribution in [3.63, 3.8) is 0 Å². The van der Waals surface area contributed by atoms with Crippen LogP contribution >= 0.6 is 0 Å². The first-order chi connectivity index (χ1) is 7.74. The molecule has 1 unspecified atom stereocenters. The predicted molar refractivity (Wildman–Crippen MR) is 69.7 cm³/mol. The van der Waals surface area contributed by atoms with Gasteiger partial charge in [0.25, 0.3) is 0 Å². The van der Waals surface area contributed by atoms with Gasteiger partial charge in [0.2, 0.25) is 0 Å². The van der Waals surface area contributed by atoms with Crippen molar-refractivity contribution in [2.45, 2.75) is 58.9 Å². The van der Waals surface area contributed by atoms with Crippen molar-refractivity contribution in [3.8, 4) is 0 Å². The molecule has 0 aromatic rings. The molecule has 1 heterocycles. The van der Waals surface area contributed by atoms with E-state index in [0.717, 1.165) is 31.6 Å². The maximum absolute atomic E-state index is 5.39. The molecule has 2 heteroatoms. The van der Waals surface area contributed by atoms with Gasteiger partial charge in [-0.25, -0.2) is 0 Å². The van der Waals surface area contributed by atoms with Crippen molar-refractivity contribution >= 4 is 0 Å². The second-order valence-corrected chi connectivity index (χ2v) is 5.39. The summed E-state index contributed by atoms with van der Waals surface area (Å²) in [4.78, 5) is 0. The van der Waals surface area contributed by atoms with Crippen molar-refractivity contribution in [1.29, 1.82) is 0 Å². The maximum Gasteiger partial charge on any atom is 0.0468 e. The molecule has 0 amide bonds. The van der Waals surface area contributed by atoms with E-state index in [2.05, 4.69) is 26.1 Å². The van der Waals surface area contributed by atoms with Gasteiger partial charge < -0.3 is 10.1 Å². The minimum atomic E-state index is 0.713. The van der Waals surface area contributed by atoms with Gasteiger partial charge in [0, 0.05) is 19.3 Å². The molecule has 0 aliphatic carbocycles. The molecule has 1 rings (SSSR count). The topological polar surface area (TPSA) is 21.3 Å². The van der Waals surface area contributed by atoms with E-state index in [0.29, 0.717) is 6.04 Å². The number of ether oxygens (including phenoxy) is 1. The molecule has 2 nitrogen and oxygen atoms in total. The van der Waals surface area contributed by atoms with E-state index in [4.69, 9.17) is 4.74 Å². The molecule has 1 aliphatic rings. The second kappa shape index (κ2) is 8.08. The van der Waals surface area contributed by atoms with Gasteiger partial charge >= 0.3 is 0 Å². The normalized spacial score (nSPS) is 20.2. The first-order valence-corrected chi connectivity index (χ1v) is 7.05. The Bertz CT molecular complexity index is 164. The Hall–Kier alpha value is -0.0800. The average molecular weight is 227 g/mol. The van der Waals surface area contributed by atoms with Gasteiger partial charge in [-0.15, -0.1) is 0 Å². The zero-order valence-electron chi connectivity index (χ0n) is 11.3. The summed E-state index contributed by atoms with van der Waals surface area (Å²) in [5.41, 5.74) is 0. The lowest BCUT2D eigenvalue weighted by atomic mass is 9.91. The fraction of sp³-hybridized carbons (Fsp3) is 1.00. The third-order valence-corrected chi connectivity index (χ3v) is 3.74. The molecule has 0 aromatic carbocycles. The fourth-order valence-corrected chi connectivity index (χ4v) is 2.59. The highest BCUT2D eigenvalue weighted by Gasteiger charge is 2.15. The SMILES string of the molecule is CCNC(CCCC1CCOCC1)C(C)C. The van der Waals surface area contributed by atoms with Crippen LogP contribution < -0.4 is 5.32 Å². The molecule has 1 N–H and O–H groups in total. The number of hydrogen-bond acceptors (Lipinski definition) is 2. The molecule has 0 bridgehead atoms. The lowest BCUT2D eigenvalue weighted by molar-refractivity contribution is 0.0628. The highest BCUT2D eigenvalue weighted by molar-refractivity contribution is 4.71. The minimum absolute atomic E-state index is 0.713. The summed E-state index contributed by atoms with van der Waals surface area (Å²) < 4.78 is 5.39. The van der Waals surface area contributed by atoms with Crippen LogP contribution in [0.2, 0.25) is 0 Å². The van der Waals surface area contributed by atoms with Crippen molar-refractivity contribution in [1.82, 2.24) is 5.32 Å². The zero-order chi connectivity index (χ0) is 11.8. The van der Waals surface area contributed by atoms with Crippen LogP contribution in [0.1, 0.15) is 52.9 Å². The predicted octanol–water partition coefficient (Wildman–Crippen LogP) is 3.22. The van der Waals surface area contributed by atoms with Gasteiger partial charge in [-0.2, -0.15) is 0 Å². The van der Waals surface area contributed by atoms with Gasteiger partial charge in [0.1, 0.15) is 0 Å². The zero-order valence-corrected chi connectivity index (χ0v) is 11.3. The first-order valence-electron chi connectivity index (χ1n) is 7.05. The third kappa shape index (κ3) is 5.31. The Kier molecular flexibility index (Phi) is 7.06. The molecular formula is C14H29NO. The van der Waals surface area contributed by atoms with Crippen molar-refractivity contribution in [2.24, 2.45) is 11.8 Å². The Balaban J connectivity index is 2.11. The Morgan fingerprint density at radius 1 is 1.25 bits per heavy atom. The smallest absolute Gasteiger partial charge is 0.0468 e. The lowest BCUT2D eigenvalue weighted by Crippen LogP contribution is -2.33. The van der Waals surface area contributed by atoms with Crippen molar-refractivity contribution < 1.29 is 4.74 Å². The van der Waals surface area contributed by atoms with E-state index in [1.54, 1.807) is 0 Å². The highest BCUT2D eigenvalue weighted by atomic mass is 16.5. The van der Waals surface area contributed by atoms with Gasteiger partial charge in [-0.05, 0) is 37.6 Å². The van der Waals surface area contributed by atoms with Crippen molar-refractivity contribution in [2.75, 3.05) is 19.8 Å². The fourth-order valence-electron chi connectivity index (χ4n) is 2.59. The van der Waals surface area contributed by atoms with Crippen LogP contribution in [0.3, 0.4) is 0 Å². The highest BCUT2D eigenvalue weighted by Crippen LogP contribution is 2.22. The van der Waals surface area contributed by atoms with Crippen LogP contribution in [0.15, 0.2) is 0 Å². The standard InChI is InChI=1S/C14H29NO/c1-4-15-14(12(2)3)7-5-6-13-8-10-16-11-9-13/h12-15H,4-11H2,1-3H3. The summed E-state index contributed by atoms with van der Waals surface area (Å²) in [5, 5.41) is 3.60. The van der Waals surface area contributed by atoms with Crippen LogP contribution in [0.25, 0.3) is 0 Å².